The highest BCUT2D eigenvalue weighted by Crippen LogP contribution is 2.44. The smallest absolute Gasteiger partial charge is 0.257 e. The van der Waals surface area contributed by atoms with Crippen LogP contribution < -0.4 is 0 Å². The first-order valence-electron chi connectivity index (χ1n) is 11.7. The van der Waals surface area contributed by atoms with Crippen LogP contribution in [0, 0.1) is 17.8 Å². The third-order valence-corrected chi connectivity index (χ3v) is 7.44. The lowest BCUT2D eigenvalue weighted by Gasteiger charge is -2.37. The Kier molecular flexibility index (Phi) is 6.49. The lowest BCUT2D eigenvalue weighted by atomic mass is 9.68. The molecule has 2 saturated carbocycles. The van der Waals surface area contributed by atoms with Crippen LogP contribution >= 0.6 is 0 Å². The van der Waals surface area contributed by atoms with Crippen molar-refractivity contribution in [2.45, 2.75) is 90.4 Å². The highest BCUT2D eigenvalue weighted by Gasteiger charge is 2.32. The van der Waals surface area contributed by atoms with Crippen LogP contribution in [0.25, 0.3) is 11.5 Å². The van der Waals surface area contributed by atoms with E-state index in [0.717, 1.165) is 35.6 Å². The summed E-state index contributed by atoms with van der Waals surface area (Å²) >= 11 is 0. The molecule has 0 aliphatic heterocycles. The van der Waals surface area contributed by atoms with Crippen LogP contribution in [-0.2, 0) is 6.42 Å². The fraction of sp³-hybridized carbons (Fsp3) is 0.680. The Morgan fingerprint density at radius 2 is 1.50 bits per heavy atom. The first-order chi connectivity index (χ1) is 13.8. The number of aryl methyl sites for hydroxylation is 1. The average Bonchev–Trinajstić information content (AvgIpc) is 3.25. The number of nitrogens with zero attached hydrogens (tertiary/aromatic N) is 2. The molecule has 1 aromatic heterocycles. The van der Waals surface area contributed by atoms with E-state index < -0.39 is 0 Å². The van der Waals surface area contributed by atoms with Gasteiger partial charge in [0.1, 0.15) is 0 Å². The molecule has 0 radical (unpaired) electrons. The second-order valence-corrected chi connectivity index (χ2v) is 9.19. The molecule has 0 unspecified atom stereocenters. The van der Waals surface area contributed by atoms with Gasteiger partial charge in [-0.25, -0.2) is 0 Å². The Morgan fingerprint density at radius 1 is 0.857 bits per heavy atom. The van der Waals surface area contributed by atoms with E-state index in [-0.39, 0.29) is 0 Å². The summed E-state index contributed by atoms with van der Waals surface area (Å²) in [6, 6.07) is 8.50. The van der Waals surface area contributed by atoms with Gasteiger partial charge in [-0.1, -0.05) is 56.8 Å². The predicted octanol–water partition coefficient (Wildman–Crippen LogP) is 7.18. The molecule has 1 heterocycles. The number of rotatable bonds is 6. The normalized spacial score (nSPS) is 28.4. The molecule has 0 bridgehead atoms. The molecule has 28 heavy (non-hydrogen) atoms. The van der Waals surface area contributed by atoms with E-state index in [0.29, 0.717) is 11.8 Å². The minimum absolute atomic E-state index is 0.486. The summed E-state index contributed by atoms with van der Waals surface area (Å²) in [4.78, 5) is 4.75. The topological polar surface area (TPSA) is 38.9 Å². The first-order valence-corrected chi connectivity index (χ1v) is 11.7. The van der Waals surface area contributed by atoms with Crippen LogP contribution in [-0.4, -0.2) is 10.1 Å². The van der Waals surface area contributed by atoms with Gasteiger partial charge in [-0.3, -0.25) is 0 Å². The number of hydrogen-bond acceptors (Lipinski definition) is 3. The molecule has 0 N–H and O–H groups in total. The molecule has 0 saturated heterocycles. The predicted molar refractivity (Wildman–Crippen MR) is 114 cm³/mol. The Labute approximate surface area is 170 Å². The van der Waals surface area contributed by atoms with E-state index in [9.17, 15) is 0 Å². The Morgan fingerprint density at radius 3 is 2.11 bits per heavy atom. The van der Waals surface area contributed by atoms with Crippen LogP contribution in [0.1, 0.15) is 95.4 Å². The van der Waals surface area contributed by atoms with Crippen LogP contribution in [0.3, 0.4) is 0 Å². The van der Waals surface area contributed by atoms with E-state index >= 15 is 0 Å². The number of aromatic nitrogens is 2. The van der Waals surface area contributed by atoms with Crippen LogP contribution in [0.5, 0.6) is 0 Å². The maximum atomic E-state index is 5.59. The van der Waals surface area contributed by atoms with Crippen LogP contribution in [0.15, 0.2) is 28.8 Å². The highest BCUT2D eigenvalue weighted by atomic mass is 16.5. The van der Waals surface area contributed by atoms with Crippen LogP contribution in [0.4, 0.5) is 0 Å². The van der Waals surface area contributed by atoms with E-state index in [1.165, 1.54) is 69.8 Å². The fourth-order valence-corrected chi connectivity index (χ4v) is 5.61. The molecule has 152 valence electrons. The van der Waals surface area contributed by atoms with Gasteiger partial charge in [-0.2, -0.15) is 4.98 Å². The summed E-state index contributed by atoms with van der Waals surface area (Å²) in [6.07, 6.45) is 14.9. The zero-order valence-corrected chi connectivity index (χ0v) is 17.7. The fourth-order valence-electron chi connectivity index (χ4n) is 5.61. The first kappa shape index (κ1) is 19.7. The lowest BCUT2D eigenvalue weighted by molar-refractivity contribution is 0.155. The van der Waals surface area contributed by atoms with Gasteiger partial charge >= 0.3 is 0 Å². The summed E-state index contributed by atoms with van der Waals surface area (Å²) in [7, 11) is 0. The van der Waals surface area contributed by atoms with Crippen molar-refractivity contribution >= 4 is 0 Å². The van der Waals surface area contributed by atoms with Gasteiger partial charge in [0, 0.05) is 11.5 Å². The molecule has 3 heteroatoms. The van der Waals surface area contributed by atoms with Gasteiger partial charge in [-0.15, -0.1) is 0 Å². The van der Waals surface area contributed by atoms with E-state index in [1.54, 1.807) is 0 Å². The monoisotopic (exact) mass is 380 g/mol. The zero-order valence-electron chi connectivity index (χ0n) is 17.7. The lowest BCUT2D eigenvalue weighted by Crippen LogP contribution is -2.25. The van der Waals surface area contributed by atoms with Crippen molar-refractivity contribution in [3.63, 3.8) is 0 Å². The van der Waals surface area contributed by atoms with Gasteiger partial charge in [-0.05, 0) is 80.4 Å². The molecule has 2 aliphatic carbocycles. The Balaban J connectivity index is 1.30. The van der Waals surface area contributed by atoms with Gasteiger partial charge in [0.25, 0.3) is 5.89 Å². The van der Waals surface area contributed by atoms with Crippen molar-refractivity contribution in [1.29, 1.82) is 0 Å². The van der Waals surface area contributed by atoms with E-state index in [2.05, 4.69) is 43.3 Å². The molecule has 4 rings (SSSR count). The van der Waals surface area contributed by atoms with E-state index in [4.69, 9.17) is 9.51 Å². The van der Waals surface area contributed by atoms with Crippen LogP contribution in [0.2, 0.25) is 0 Å². The van der Waals surface area contributed by atoms with Crippen molar-refractivity contribution in [3.8, 4) is 11.5 Å². The molecule has 2 fully saturated rings. The van der Waals surface area contributed by atoms with Gasteiger partial charge in [0.15, 0.2) is 5.82 Å². The molecule has 0 spiro atoms. The number of hydrogen-bond donors (Lipinski definition) is 0. The third-order valence-electron chi connectivity index (χ3n) is 7.44. The molecule has 0 atom stereocenters. The highest BCUT2D eigenvalue weighted by molar-refractivity contribution is 5.53. The Bertz CT molecular complexity index is 719. The molecular weight excluding hydrogens is 344 g/mol. The van der Waals surface area contributed by atoms with Gasteiger partial charge in [0.05, 0.1) is 0 Å². The molecule has 3 nitrogen and oxygen atoms in total. The van der Waals surface area contributed by atoms with Gasteiger partial charge in [0.2, 0.25) is 0 Å². The van der Waals surface area contributed by atoms with Crippen molar-refractivity contribution in [1.82, 2.24) is 10.1 Å². The molecule has 1 aromatic carbocycles. The SMILES string of the molecule is CCCC1CCC(C2CCC(c3noc(-c4ccc(CC)cc4)n3)CC2)CC1. The molecule has 0 amide bonds. The maximum absolute atomic E-state index is 5.59. The maximum Gasteiger partial charge on any atom is 0.257 e. The quantitative estimate of drug-likeness (QED) is 0.533. The van der Waals surface area contributed by atoms with Crippen molar-refractivity contribution < 1.29 is 4.52 Å². The van der Waals surface area contributed by atoms with Crippen molar-refractivity contribution in [2.24, 2.45) is 17.8 Å². The minimum atomic E-state index is 0.486. The average molecular weight is 381 g/mol. The summed E-state index contributed by atoms with van der Waals surface area (Å²) in [5, 5.41) is 4.34. The molecule has 2 aliphatic rings. The summed E-state index contributed by atoms with van der Waals surface area (Å²) < 4.78 is 5.59. The summed E-state index contributed by atoms with van der Waals surface area (Å²) in [5.74, 6) is 5.02. The van der Waals surface area contributed by atoms with Gasteiger partial charge < -0.3 is 4.52 Å². The minimum Gasteiger partial charge on any atom is -0.334 e. The van der Waals surface area contributed by atoms with Crippen molar-refractivity contribution in [2.75, 3.05) is 0 Å². The third kappa shape index (κ3) is 4.50. The summed E-state index contributed by atoms with van der Waals surface area (Å²) in [5.41, 5.74) is 2.37. The number of benzene rings is 1. The Hall–Kier alpha value is -1.64. The van der Waals surface area contributed by atoms with Crippen molar-refractivity contribution in [3.05, 3.63) is 35.7 Å². The largest absolute Gasteiger partial charge is 0.334 e. The molecular formula is C25H36N2O. The zero-order chi connectivity index (χ0) is 19.3. The molecule has 2 aromatic rings. The second kappa shape index (κ2) is 9.24. The van der Waals surface area contributed by atoms with E-state index in [1.807, 2.05) is 0 Å². The second-order valence-electron chi connectivity index (χ2n) is 9.19. The summed E-state index contributed by atoms with van der Waals surface area (Å²) in [6.45, 7) is 4.50. The standard InChI is InChI=1S/C25H36N2O/c1-3-5-19-8-10-20(11-9-19)21-14-16-22(17-15-21)24-26-25(28-27-24)23-12-6-18(4-2)7-13-23/h6-7,12-13,19-22H,3-5,8-11,14-17H2,1-2H3.